The number of hydrogen-bond acceptors (Lipinski definition) is 3. The van der Waals surface area contributed by atoms with Gasteiger partial charge >= 0.3 is 0 Å². The second kappa shape index (κ2) is 9.42. The lowest BCUT2D eigenvalue weighted by Crippen LogP contribution is -2.38. The van der Waals surface area contributed by atoms with Crippen LogP contribution in [0, 0.1) is 6.92 Å². The Labute approximate surface area is 149 Å². The van der Waals surface area contributed by atoms with Crippen molar-refractivity contribution < 1.29 is 0 Å². The lowest BCUT2D eigenvalue weighted by Gasteiger charge is -2.12. The molecule has 0 saturated heterocycles. The molecule has 0 unspecified atom stereocenters. The highest BCUT2D eigenvalue weighted by Crippen LogP contribution is 2.18. The molecule has 0 bridgehead atoms. The molecule has 0 atom stereocenters. The molecule has 0 aliphatic heterocycles. The molecule has 0 fully saturated rings. The Morgan fingerprint density at radius 3 is 2.71 bits per heavy atom. The van der Waals surface area contributed by atoms with Crippen molar-refractivity contribution >= 4 is 17.3 Å². The van der Waals surface area contributed by atoms with E-state index >= 15 is 0 Å². The van der Waals surface area contributed by atoms with Gasteiger partial charge < -0.3 is 10.6 Å². The number of aryl methyl sites for hydroxylation is 1. The van der Waals surface area contributed by atoms with Gasteiger partial charge in [0.1, 0.15) is 5.01 Å². The van der Waals surface area contributed by atoms with E-state index in [1.54, 1.807) is 11.3 Å². The Morgan fingerprint density at radius 2 is 2.04 bits per heavy atom. The fourth-order valence-corrected chi connectivity index (χ4v) is 3.24. The molecule has 5 heteroatoms. The highest BCUT2D eigenvalue weighted by molar-refractivity contribution is 7.09. The molecule has 2 aromatic rings. The van der Waals surface area contributed by atoms with Crippen LogP contribution in [0.3, 0.4) is 0 Å². The topological polar surface area (TPSA) is 49.3 Å². The van der Waals surface area contributed by atoms with E-state index in [1.807, 2.05) is 0 Å². The average Bonchev–Trinajstić information content (AvgIpc) is 3.03. The summed E-state index contributed by atoms with van der Waals surface area (Å²) in [5.41, 5.74) is 3.87. The molecule has 4 nitrogen and oxygen atoms in total. The van der Waals surface area contributed by atoms with Gasteiger partial charge in [0.2, 0.25) is 0 Å². The van der Waals surface area contributed by atoms with E-state index in [2.05, 4.69) is 78.0 Å². The van der Waals surface area contributed by atoms with Gasteiger partial charge in [-0.2, -0.15) is 0 Å². The van der Waals surface area contributed by atoms with Crippen LogP contribution in [0.25, 0.3) is 0 Å². The first-order valence-electron chi connectivity index (χ1n) is 8.61. The van der Waals surface area contributed by atoms with Crippen molar-refractivity contribution in [2.75, 3.05) is 13.1 Å². The van der Waals surface area contributed by atoms with Gasteiger partial charge in [0.25, 0.3) is 0 Å². The van der Waals surface area contributed by atoms with E-state index in [-0.39, 0.29) is 0 Å². The van der Waals surface area contributed by atoms with E-state index in [0.717, 1.165) is 36.2 Å². The zero-order chi connectivity index (χ0) is 17.4. The molecule has 2 rings (SSSR count). The van der Waals surface area contributed by atoms with E-state index in [0.29, 0.717) is 12.5 Å². The summed E-state index contributed by atoms with van der Waals surface area (Å²) >= 11 is 1.69. The maximum Gasteiger partial charge on any atom is 0.191 e. The zero-order valence-corrected chi connectivity index (χ0v) is 15.9. The Hall–Kier alpha value is -1.88. The van der Waals surface area contributed by atoms with Crippen LogP contribution in [0.5, 0.6) is 0 Å². The molecule has 0 aliphatic carbocycles. The maximum atomic E-state index is 4.65. The summed E-state index contributed by atoms with van der Waals surface area (Å²) in [7, 11) is 0. The molecular weight excluding hydrogens is 316 g/mol. The van der Waals surface area contributed by atoms with Gasteiger partial charge in [0.15, 0.2) is 5.96 Å². The Kier molecular flexibility index (Phi) is 7.25. The third kappa shape index (κ3) is 5.64. The highest BCUT2D eigenvalue weighted by Gasteiger charge is 2.06. The van der Waals surface area contributed by atoms with Gasteiger partial charge in [0.05, 0.1) is 12.2 Å². The molecule has 130 valence electrons. The molecule has 1 aromatic carbocycles. The molecule has 0 amide bonds. The number of hydrogen-bond donors (Lipinski definition) is 2. The van der Waals surface area contributed by atoms with Crippen LogP contribution in [0.1, 0.15) is 48.5 Å². The van der Waals surface area contributed by atoms with E-state index in [9.17, 15) is 0 Å². The second-order valence-corrected chi connectivity index (χ2v) is 7.06. The summed E-state index contributed by atoms with van der Waals surface area (Å²) < 4.78 is 0. The van der Waals surface area contributed by atoms with Crippen LogP contribution >= 0.6 is 11.3 Å². The predicted octanol–water partition coefficient (Wildman–Crippen LogP) is 3.87. The quantitative estimate of drug-likeness (QED) is 0.592. The van der Waals surface area contributed by atoms with Crippen LogP contribution in [0.15, 0.2) is 34.6 Å². The van der Waals surface area contributed by atoms with E-state index < -0.39 is 0 Å². The molecule has 0 spiro atoms. The molecule has 0 aliphatic rings. The minimum Gasteiger partial charge on any atom is -0.357 e. The second-order valence-electron chi connectivity index (χ2n) is 6.12. The fraction of sp³-hybridized carbons (Fsp3) is 0.474. The standard InChI is InChI=1S/C19H28N4S/c1-5-20-19(21-11-10-16-9-7-6-8-15(16)4)22-12-18-23-17(13-24-18)14(2)3/h6-9,13-14H,5,10-12H2,1-4H3,(H2,20,21,22). The van der Waals surface area contributed by atoms with E-state index in [4.69, 9.17) is 0 Å². The number of aliphatic imine (C=N–C) groups is 1. The first kappa shape index (κ1) is 18.5. The molecule has 0 saturated carbocycles. The van der Waals surface area contributed by atoms with Crippen molar-refractivity contribution in [3.8, 4) is 0 Å². The number of thiazole rings is 1. The van der Waals surface area contributed by atoms with Gasteiger partial charge in [-0.25, -0.2) is 9.98 Å². The third-order valence-corrected chi connectivity index (χ3v) is 4.68. The first-order valence-corrected chi connectivity index (χ1v) is 9.49. The number of benzene rings is 1. The number of rotatable bonds is 7. The predicted molar refractivity (Wildman–Crippen MR) is 104 cm³/mol. The summed E-state index contributed by atoms with van der Waals surface area (Å²) in [5.74, 6) is 1.33. The first-order chi connectivity index (χ1) is 11.6. The maximum absolute atomic E-state index is 4.65. The average molecular weight is 345 g/mol. The lowest BCUT2D eigenvalue weighted by molar-refractivity contribution is 0.792. The third-order valence-electron chi connectivity index (χ3n) is 3.83. The van der Waals surface area contributed by atoms with Crippen LogP contribution in [-0.2, 0) is 13.0 Å². The largest absolute Gasteiger partial charge is 0.357 e. The summed E-state index contributed by atoms with van der Waals surface area (Å²) in [6.45, 7) is 10.9. The van der Waals surface area contributed by atoms with Gasteiger partial charge in [0, 0.05) is 18.5 Å². The van der Waals surface area contributed by atoms with Crippen molar-refractivity contribution in [2.45, 2.75) is 46.6 Å². The van der Waals surface area contributed by atoms with Crippen LogP contribution in [0.2, 0.25) is 0 Å². The fourth-order valence-electron chi connectivity index (χ4n) is 2.36. The van der Waals surface area contributed by atoms with Crippen LogP contribution in [-0.4, -0.2) is 24.0 Å². The van der Waals surface area contributed by atoms with Gasteiger partial charge in [-0.3, -0.25) is 0 Å². The van der Waals surface area contributed by atoms with Crippen LogP contribution < -0.4 is 10.6 Å². The van der Waals surface area contributed by atoms with E-state index in [1.165, 1.54) is 11.1 Å². The van der Waals surface area contributed by atoms with Crippen molar-refractivity contribution in [1.29, 1.82) is 0 Å². The summed E-state index contributed by atoms with van der Waals surface area (Å²) in [5, 5.41) is 9.91. The van der Waals surface area contributed by atoms with Crippen molar-refractivity contribution in [2.24, 2.45) is 4.99 Å². The molecule has 24 heavy (non-hydrogen) atoms. The molecule has 1 aromatic heterocycles. The minimum absolute atomic E-state index is 0.472. The Bertz CT molecular complexity index is 661. The molecule has 1 heterocycles. The number of nitrogens with zero attached hydrogens (tertiary/aromatic N) is 2. The van der Waals surface area contributed by atoms with Crippen molar-refractivity contribution in [1.82, 2.24) is 15.6 Å². The van der Waals surface area contributed by atoms with Gasteiger partial charge in [-0.1, -0.05) is 38.1 Å². The monoisotopic (exact) mass is 344 g/mol. The minimum atomic E-state index is 0.472. The lowest BCUT2D eigenvalue weighted by atomic mass is 10.1. The molecular formula is C19H28N4S. The molecule has 0 radical (unpaired) electrons. The SMILES string of the molecule is CCNC(=NCc1nc(C(C)C)cs1)NCCc1ccccc1C. The van der Waals surface area contributed by atoms with Gasteiger partial charge in [-0.05, 0) is 37.3 Å². The normalized spacial score (nSPS) is 11.8. The van der Waals surface area contributed by atoms with Crippen molar-refractivity contribution in [3.63, 3.8) is 0 Å². The smallest absolute Gasteiger partial charge is 0.191 e. The number of aromatic nitrogens is 1. The molecule has 2 N–H and O–H groups in total. The summed E-state index contributed by atoms with van der Waals surface area (Å²) in [6, 6.07) is 8.51. The van der Waals surface area contributed by atoms with Crippen LogP contribution in [0.4, 0.5) is 0 Å². The highest BCUT2D eigenvalue weighted by atomic mass is 32.1. The number of guanidine groups is 1. The summed E-state index contributed by atoms with van der Waals surface area (Å²) in [4.78, 5) is 9.29. The Balaban J connectivity index is 1.89. The van der Waals surface area contributed by atoms with Gasteiger partial charge in [-0.15, -0.1) is 11.3 Å². The summed E-state index contributed by atoms with van der Waals surface area (Å²) in [6.07, 6.45) is 0.992. The number of nitrogens with one attached hydrogen (secondary N) is 2. The Morgan fingerprint density at radius 1 is 1.25 bits per heavy atom. The zero-order valence-electron chi connectivity index (χ0n) is 15.1. The van der Waals surface area contributed by atoms with Crippen molar-refractivity contribution in [3.05, 3.63) is 51.5 Å².